The summed E-state index contributed by atoms with van der Waals surface area (Å²) in [5.41, 5.74) is 2.61. The Kier molecular flexibility index (Phi) is 2.47. The maximum atomic E-state index is 6.43. The van der Waals surface area contributed by atoms with Gasteiger partial charge in [0.15, 0.2) is 0 Å². The predicted molar refractivity (Wildman–Crippen MR) is 62.6 cm³/mol. The molecule has 0 aromatic heterocycles. The molecule has 0 amide bonds. The summed E-state index contributed by atoms with van der Waals surface area (Å²) >= 11 is 6.43. The SMILES string of the molecule is CC=CC1(Cl)C=Cc2ccccc2C1. The lowest BCUT2D eigenvalue weighted by Gasteiger charge is -2.24. The van der Waals surface area contributed by atoms with E-state index in [0.29, 0.717) is 0 Å². The van der Waals surface area contributed by atoms with E-state index in [9.17, 15) is 0 Å². The number of rotatable bonds is 1. The lowest BCUT2D eigenvalue weighted by molar-refractivity contribution is 0.837. The Hall–Kier alpha value is -1.01. The Labute approximate surface area is 89.9 Å². The quantitative estimate of drug-likeness (QED) is 0.482. The van der Waals surface area contributed by atoms with E-state index in [4.69, 9.17) is 11.6 Å². The second kappa shape index (κ2) is 3.62. The zero-order valence-corrected chi connectivity index (χ0v) is 8.96. The van der Waals surface area contributed by atoms with Gasteiger partial charge in [-0.3, -0.25) is 0 Å². The van der Waals surface area contributed by atoms with Gasteiger partial charge >= 0.3 is 0 Å². The molecule has 1 aliphatic rings. The molecule has 0 radical (unpaired) electrons. The van der Waals surface area contributed by atoms with Crippen molar-refractivity contribution in [3.63, 3.8) is 0 Å². The van der Waals surface area contributed by atoms with E-state index in [-0.39, 0.29) is 4.87 Å². The first-order chi connectivity index (χ1) is 6.73. The van der Waals surface area contributed by atoms with Crippen molar-refractivity contribution in [2.24, 2.45) is 0 Å². The van der Waals surface area contributed by atoms with Crippen LogP contribution in [0.3, 0.4) is 0 Å². The topological polar surface area (TPSA) is 0 Å². The number of fused-ring (bicyclic) bond motifs is 1. The van der Waals surface area contributed by atoms with Crippen LogP contribution in [0, 0.1) is 0 Å². The van der Waals surface area contributed by atoms with Crippen molar-refractivity contribution in [2.45, 2.75) is 18.2 Å². The minimum absolute atomic E-state index is 0.316. The van der Waals surface area contributed by atoms with Gasteiger partial charge in [-0.1, -0.05) is 48.6 Å². The van der Waals surface area contributed by atoms with E-state index in [1.165, 1.54) is 11.1 Å². The summed E-state index contributed by atoms with van der Waals surface area (Å²) in [6, 6.07) is 8.38. The summed E-state index contributed by atoms with van der Waals surface area (Å²) in [6.07, 6.45) is 9.10. The highest BCUT2D eigenvalue weighted by Gasteiger charge is 2.24. The van der Waals surface area contributed by atoms with E-state index in [1.54, 1.807) is 0 Å². The third kappa shape index (κ3) is 1.76. The van der Waals surface area contributed by atoms with Gasteiger partial charge in [-0.15, -0.1) is 11.6 Å². The van der Waals surface area contributed by atoms with Crippen LogP contribution < -0.4 is 0 Å². The van der Waals surface area contributed by atoms with E-state index in [2.05, 4.69) is 36.4 Å². The van der Waals surface area contributed by atoms with Crippen LogP contribution in [0.2, 0.25) is 0 Å². The molecule has 0 saturated heterocycles. The normalized spacial score (nSPS) is 25.3. The van der Waals surface area contributed by atoms with Crippen LogP contribution in [0.4, 0.5) is 0 Å². The van der Waals surface area contributed by atoms with Gasteiger partial charge in [-0.25, -0.2) is 0 Å². The zero-order chi connectivity index (χ0) is 10.0. The molecular formula is C13H13Cl. The molecule has 1 aromatic rings. The molecule has 0 saturated carbocycles. The van der Waals surface area contributed by atoms with Crippen LogP contribution in [-0.2, 0) is 6.42 Å². The first-order valence-corrected chi connectivity index (χ1v) is 5.21. The lowest BCUT2D eigenvalue weighted by Crippen LogP contribution is -2.21. The third-order valence-electron chi connectivity index (χ3n) is 2.50. The Bertz CT molecular complexity index is 390. The summed E-state index contributed by atoms with van der Waals surface area (Å²) in [7, 11) is 0. The van der Waals surface area contributed by atoms with Gasteiger partial charge in [0.25, 0.3) is 0 Å². The fourth-order valence-corrected chi connectivity index (χ4v) is 2.16. The number of alkyl halides is 1. The van der Waals surface area contributed by atoms with Gasteiger partial charge in [-0.2, -0.15) is 0 Å². The predicted octanol–water partition coefficient (Wildman–Crippen LogP) is 3.81. The summed E-state index contributed by atoms with van der Waals surface area (Å²) in [5.74, 6) is 0. The molecule has 1 aromatic carbocycles. The second-order valence-corrected chi connectivity index (χ2v) is 4.34. The van der Waals surface area contributed by atoms with E-state index in [0.717, 1.165) is 6.42 Å². The standard InChI is InChI=1S/C13H13Cl/c1-2-8-13(14)9-7-11-5-3-4-6-12(11)10-13/h2-9H,10H2,1H3. The molecule has 72 valence electrons. The molecule has 0 N–H and O–H groups in total. The minimum atomic E-state index is -0.316. The van der Waals surface area contributed by atoms with Crippen LogP contribution in [0.15, 0.2) is 42.5 Å². The van der Waals surface area contributed by atoms with Crippen LogP contribution in [0.1, 0.15) is 18.1 Å². The first kappa shape index (κ1) is 9.54. The van der Waals surface area contributed by atoms with Crippen molar-refractivity contribution >= 4 is 17.7 Å². The van der Waals surface area contributed by atoms with E-state index >= 15 is 0 Å². The fraction of sp³-hybridized carbons (Fsp3) is 0.231. The number of allylic oxidation sites excluding steroid dienone is 3. The largest absolute Gasteiger partial charge is 0.110 e. The van der Waals surface area contributed by atoms with Crippen LogP contribution in [-0.4, -0.2) is 4.87 Å². The van der Waals surface area contributed by atoms with Gasteiger partial charge in [-0.05, 0) is 24.5 Å². The third-order valence-corrected chi connectivity index (χ3v) is 2.89. The van der Waals surface area contributed by atoms with E-state index in [1.807, 2.05) is 19.1 Å². The summed E-state index contributed by atoms with van der Waals surface area (Å²) in [6.45, 7) is 2.00. The fourth-order valence-electron chi connectivity index (χ4n) is 1.83. The molecule has 1 atom stereocenters. The Morgan fingerprint density at radius 2 is 2.14 bits per heavy atom. The maximum Gasteiger partial charge on any atom is 0.0849 e. The van der Waals surface area contributed by atoms with Gasteiger partial charge in [0.1, 0.15) is 0 Å². The molecule has 1 heteroatoms. The molecule has 0 heterocycles. The number of hydrogen-bond acceptors (Lipinski definition) is 0. The highest BCUT2D eigenvalue weighted by atomic mass is 35.5. The average molecular weight is 205 g/mol. The molecule has 1 aliphatic carbocycles. The average Bonchev–Trinajstić information content (AvgIpc) is 2.17. The monoisotopic (exact) mass is 204 g/mol. The Morgan fingerprint density at radius 1 is 1.36 bits per heavy atom. The zero-order valence-electron chi connectivity index (χ0n) is 8.20. The van der Waals surface area contributed by atoms with Gasteiger partial charge in [0, 0.05) is 0 Å². The summed E-state index contributed by atoms with van der Waals surface area (Å²) < 4.78 is 0. The number of halogens is 1. The van der Waals surface area contributed by atoms with E-state index < -0.39 is 0 Å². The summed E-state index contributed by atoms with van der Waals surface area (Å²) in [4.78, 5) is -0.316. The Morgan fingerprint density at radius 3 is 2.93 bits per heavy atom. The van der Waals surface area contributed by atoms with Gasteiger partial charge in [0.05, 0.1) is 4.87 Å². The highest BCUT2D eigenvalue weighted by Crippen LogP contribution is 2.31. The van der Waals surface area contributed by atoms with Crippen LogP contribution >= 0.6 is 11.6 Å². The molecule has 14 heavy (non-hydrogen) atoms. The van der Waals surface area contributed by atoms with Crippen molar-refractivity contribution in [3.05, 3.63) is 53.6 Å². The minimum Gasteiger partial charge on any atom is -0.110 e. The van der Waals surface area contributed by atoms with Crippen LogP contribution in [0.25, 0.3) is 6.08 Å². The molecule has 0 bridgehead atoms. The van der Waals surface area contributed by atoms with Crippen LogP contribution in [0.5, 0.6) is 0 Å². The Balaban J connectivity index is 2.38. The van der Waals surface area contributed by atoms with Gasteiger partial charge < -0.3 is 0 Å². The second-order valence-electron chi connectivity index (χ2n) is 3.64. The van der Waals surface area contributed by atoms with Crippen molar-refractivity contribution in [1.82, 2.24) is 0 Å². The first-order valence-electron chi connectivity index (χ1n) is 4.83. The molecule has 0 fully saturated rings. The maximum absolute atomic E-state index is 6.43. The molecular weight excluding hydrogens is 192 g/mol. The van der Waals surface area contributed by atoms with Gasteiger partial charge in [0.2, 0.25) is 0 Å². The van der Waals surface area contributed by atoms with Crippen molar-refractivity contribution in [2.75, 3.05) is 0 Å². The lowest BCUT2D eigenvalue weighted by atomic mass is 9.89. The molecule has 0 aliphatic heterocycles. The molecule has 2 rings (SSSR count). The van der Waals surface area contributed by atoms with Crippen molar-refractivity contribution in [3.8, 4) is 0 Å². The molecule has 0 spiro atoms. The number of benzene rings is 1. The van der Waals surface area contributed by atoms with Crippen molar-refractivity contribution < 1.29 is 0 Å². The highest BCUT2D eigenvalue weighted by molar-refractivity contribution is 6.27. The summed E-state index contributed by atoms with van der Waals surface area (Å²) in [5, 5.41) is 0. The smallest absolute Gasteiger partial charge is 0.0849 e. The molecule has 0 nitrogen and oxygen atoms in total. The number of hydrogen-bond donors (Lipinski definition) is 0. The molecule has 1 unspecified atom stereocenters. The van der Waals surface area contributed by atoms with Crippen molar-refractivity contribution in [1.29, 1.82) is 0 Å².